The molecule has 1 aromatic carbocycles. The minimum Gasteiger partial charge on any atom is -0.345 e. The molecule has 1 atom stereocenters. The zero-order valence-electron chi connectivity index (χ0n) is 16.4. The lowest BCUT2D eigenvalue weighted by atomic mass is 9.91. The number of alkyl halides is 3. The van der Waals surface area contributed by atoms with Gasteiger partial charge in [-0.3, -0.25) is 4.79 Å². The van der Waals surface area contributed by atoms with Gasteiger partial charge in [-0.2, -0.15) is 13.2 Å². The molecule has 1 N–H and O–H groups in total. The molecule has 0 spiro atoms. The molecule has 1 saturated carbocycles. The summed E-state index contributed by atoms with van der Waals surface area (Å²) in [6.07, 6.45) is -3.09. The highest BCUT2D eigenvalue weighted by atomic mass is 35.5. The minimum atomic E-state index is -4.98. The van der Waals surface area contributed by atoms with Gasteiger partial charge in [0, 0.05) is 27.2 Å². The monoisotopic (exact) mass is 457 g/mol. The van der Waals surface area contributed by atoms with E-state index < -0.39 is 29.5 Å². The molecule has 2 aromatic rings. The summed E-state index contributed by atoms with van der Waals surface area (Å²) in [5, 5.41) is 0.335. The first kappa shape index (κ1) is 22.7. The first-order chi connectivity index (χ1) is 14.1. The van der Waals surface area contributed by atoms with Crippen molar-refractivity contribution in [1.29, 1.82) is 0 Å². The third kappa shape index (κ3) is 4.54. The van der Waals surface area contributed by atoms with Crippen molar-refractivity contribution in [2.24, 2.45) is 5.92 Å². The zero-order chi connectivity index (χ0) is 22.1. The van der Waals surface area contributed by atoms with E-state index in [-0.39, 0.29) is 21.5 Å². The van der Waals surface area contributed by atoms with E-state index in [9.17, 15) is 18.0 Å². The molecule has 0 unspecified atom stereocenters. The molecular weight excluding hydrogens is 438 g/mol. The number of benzene rings is 1. The maximum absolute atomic E-state index is 14.5. The number of aromatic nitrogens is 1. The van der Waals surface area contributed by atoms with Crippen LogP contribution in [0.4, 0.5) is 13.2 Å². The van der Waals surface area contributed by atoms with Crippen LogP contribution in [0.15, 0.2) is 29.1 Å². The maximum atomic E-state index is 14.5. The predicted molar refractivity (Wildman–Crippen MR) is 111 cm³/mol. The molecule has 8 heteroatoms. The fourth-order valence-corrected chi connectivity index (χ4v) is 3.57. The first-order valence-corrected chi connectivity index (χ1v) is 10.2. The Labute approximate surface area is 182 Å². The number of ether oxygens (including phenoxy) is 1. The van der Waals surface area contributed by atoms with Crippen molar-refractivity contribution in [3.05, 3.63) is 67.0 Å². The molecule has 1 aliphatic carbocycles. The Morgan fingerprint density at radius 2 is 1.87 bits per heavy atom. The second-order valence-corrected chi connectivity index (χ2v) is 8.04. The minimum absolute atomic E-state index is 0.130. The van der Waals surface area contributed by atoms with Gasteiger partial charge in [0.05, 0.1) is 12.2 Å². The van der Waals surface area contributed by atoms with Crippen molar-refractivity contribution < 1.29 is 17.9 Å². The van der Waals surface area contributed by atoms with Crippen molar-refractivity contribution in [2.75, 3.05) is 0 Å². The van der Waals surface area contributed by atoms with Crippen LogP contribution in [-0.2, 0) is 23.4 Å². The number of aryl methyl sites for hydroxylation is 2. The molecule has 0 saturated heterocycles. The highest BCUT2D eigenvalue weighted by Crippen LogP contribution is 2.43. The van der Waals surface area contributed by atoms with Gasteiger partial charge in [0.2, 0.25) is 0 Å². The Morgan fingerprint density at radius 1 is 1.23 bits per heavy atom. The number of rotatable bonds is 5. The number of aromatic amines is 1. The van der Waals surface area contributed by atoms with Gasteiger partial charge in [-0.15, -0.1) is 0 Å². The number of nitrogens with one attached hydrogen (secondary N) is 1. The highest BCUT2D eigenvalue weighted by Gasteiger charge is 2.58. The average Bonchev–Trinajstić information content (AvgIpc) is 3.48. The summed E-state index contributed by atoms with van der Waals surface area (Å²) in [6.45, 7) is 2.87. The van der Waals surface area contributed by atoms with Crippen molar-refractivity contribution in [3.63, 3.8) is 0 Å². The SMILES string of the molecule is CCc1cc([C@](C#CC2CC2)(OCc2c(Cl)cccc2Cl)C(F)(F)F)c(=O)[nH]c1C. The molecular formula is C22H20Cl2F3NO2. The first-order valence-electron chi connectivity index (χ1n) is 9.48. The molecule has 0 bridgehead atoms. The average molecular weight is 458 g/mol. The third-order valence-electron chi connectivity index (χ3n) is 5.03. The van der Waals surface area contributed by atoms with Crippen molar-refractivity contribution in [3.8, 4) is 11.8 Å². The Hall–Kier alpha value is -1.94. The van der Waals surface area contributed by atoms with E-state index in [2.05, 4.69) is 16.8 Å². The van der Waals surface area contributed by atoms with Crippen LogP contribution in [0.5, 0.6) is 0 Å². The van der Waals surface area contributed by atoms with Gasteiger partial charge in [0.1, 0.15) is 0 Å². The van der Waals surface area contributed by atoms with E-state index in [0.29, 0.717) is 17.7 Å². The van der Waals surface area contributed by atoms with Crippen LogP contribution in [0.1, 0.15) is 42.1 Å². The lowest BCUT2D eigenvalue weighted by Gasteiger charge is -2.31. The summed E-state index contributed by atoms with van der Waals surface area (Å²) in [5.41, 5.74) is -3.31. The Balaban J connectivity index is 2.18. The van der Waals surface area contributed by atoms with E-state index >= 15 is 0 Å². The summed E-state index contributed by atoms with van der Waals surface area (Å²) >= 11 is 12.2. The van der Waals surface area contributed by atoms with Gasteiger partial charge in [0.15, 0.2) is 0 Å². The molecule has 0 aliphatic heterocycles. The third-order valence-corrected chi connectivity index (χ3v) is 5.74. The molecule has 0 amide bonds. The molecule has 1 aromatic heterocycles. The number of halogens is 5. The van der Waals surface area contributed by atoms with Crippen LogP contribution in [0.2, 0.25) is 10.0 Å². The summed E-state index contributed by atoms with van der Waals surface area (Å²) < 4.78 is 49.0. The maximum Gasteiger partial charge on any atom is 0.433 e. The highest BCUT2D eigenvalue weighted by molar-refractivity contribution is 6.35. The summed E-state index contributed by atoms with van der Waals surface area (Å²) in [6, 6.07) is 5.82. The quantitative estimate of drug-likeness (QED) is 0.564. The van der Waals surface area contributed by atoms with Crippen LogP contribution < -0.4 is 5.56 Å². The predicted octanol–water partition coefficient (Wildman–Crippen LogP) is 5.94. The summed E-state index contributed by atoms with van der Waals surface area (Å²) in [5.74, 6) is 4.77. The summed E-state index contributed by atoms with van der Waals surface area (Å²) in [4.78, 5) is 15.2. The molecule has 0 radical (unpaired) electrons. The van der Waals surface area contributed by atoms with Gasteiger partial charge in [-0.05, 0) is 49.9 Å². The molecule has 30 heavy (non-hydrogen) atoms. The van der Waals surface area contributed by atoms with Gasteiger partial charge in [-0.1, -0.05) is 48.0 Å². The smallest absolute Gasteiger partial charge is 0.345 e. The molecule has 1 aliphatic rings. The largest absolute Gasteiger partial charge is 0.433 e. The Bertz CT molecular complexity index is 1040. The number of pyridine rings is 1. The fourth-order valence-electron chi connectivity index (χ4n) is 3.06. The second kappa shape index (κ2) is 8.66. The van der Waals surface area contributed by atoms with E-state index in [1.54, 1.807) is 19.9 Å². The van der Waals surface area contributed by atoms with Crippen LogP contribution in [0.3, 0.4) is 0 Å². The number of hydrogen-bond donors (Lipinski definition) is 1. The lowest BCUT2D eigenvalue weighted by Crippen LogP contribution is -2.47. The topological polar surface area (TPSA) is 42.1 Å². The van der Waals surface area contributed by atoms with Gasteiger partial charge >= 0.3 is 6.18 Å². The van der Waals surface area contributed by atoms with E-state index in [1.807, 2.05) is 0 Å². The van der Waals surface area contributed by atoms with E-state index in [4.69, 9.17) is 27.9 Å². The summed E-state index contributed by atoms with van der Waals surface area (Å²) in [7, 11) is 0. The van der Waals surface area contributed by atoms with Gasteiger partial charge in [0.25, 0.3) is 11.2 Å². The lowest BCUT2D eigenvalue weighted by molar-refractivity contribution is -0.263. The standard InChI is InChI=1S/C22H20Cl2F3NO2/c1-3-15-11-17(20(29)28-13(15)2)21(22(25,26)27,10-9-14-7-8-14)30-12-16-18(23)5-4-6-19(16)24/h4-6,11,14H,3,7-8,12H2,1-2H3,(H,28,29)/t21-/m0/s1. The molecule has 160 valence electrons. The zero-order valence-corrected chi connectivity index (χ0v) is 17.9. The van der Waals surface area contributed by atoms with E-state index in [1.165, 1.54) is 18.2 Å². The Kier molecular flexibility index (Phi) is 6.57. The fraction of sp³-hybridized carbons (Fsp3) is 0.409. The van der Waals surface area contributed by atoms with Crippen molar-refractivity contribution in [1.82, 2.24) is 4.98 Å². The van der Waals surface area contributed by atoms with Crippen LogP contribution in [0, 0.1) is 24.7 Å². The van der Waals surface area contributed by atoms with Crippen LogP contribution in [0.25, 0.3) is 0 Å². The van der Waals surface area contributed by atoms with Crippen molar-refractivity contribution in [2.45, 2.75) is 51.5 Å². The van der Waals surface area contributed by atoms with Crippen LogP contribution >= 0.6 is 23.2 Å². The molecule has 3 rings (SSSR count). The van der Waals surface area contributed by atoms with E-state index in [0.717, 1.165) is 12.8 Å². The van der Waals surface area contributed by atoms with Gasteiger partial charge in [-0.25, -0.2) is 0 Å². The van der Waals surface area contributed by atoms with Gasteiger partial charge < -0.3 is 9.72 Å². The molecule has 1 heterocycles. The second-order valence-electron chi connectivity index (χ2n) is 7.23. The Morgan fingerprint density at radius 3 is 2.40 bits per heavy atom. The number of H-pyrrole nitrogens is 1. The number of hydrogen-bond acceptors (Lipinski definition) is 2. The molecule has 1 fully saturated rings. The van der Waals surface area contributed by atoms with Crippen molar-refractivity contribution >= 4 is 23.2 Å². The molecule has 3 nitrogen and oxygen atoms in total. The van der Waals surface area contributed by atoms with Crippen LogP contribution in [-0.4, -0.2) is 11.2 Å². The normalized spacial score (nSPS) is 16.0.